The molecule has 6 heteroatoms. The number of aromatic amines is 1. The number of nitrogens with one attached hydrogen (secondary N) is 2. The number of aliphatic hydroxyl groups is 1. The second kappa shape index (κ2) is 10.2. The molecule has 1 unspecified atom stereocenters. The van der Waals surface area contributed by atoms with Crippen molar-refractivity contribution >= 4 is 40.4 Å². The fraction of sp³-hybridized carbons (Fsp3) is 0.0333. The number of carbonyl (C=O) groups excluding carboxylic acids is 2. The zero-order valence-electron chi connectivity index (χ0n) is 19.3. The second-order valence-corrected chi connectivity index (χ2v) is 8.33. The highest BCUT2D eigenvalue weighted by Crippen LogP contribution is 2.23. The maximum Gasteiger partial charge on any atom is 0.257 e. The average molecular weight is 474 g/mol. The molecule has 1 aromatic heterocycles. The summed E-state index contributed by atoms with van der Waals surface area (Å²) in [5.41, 5.74) is 4.45. The second-order valence-electron chi connectivity index (χ2n) is 8.33. The first kappa shape index (κ1) is 23.0. The molecule has 6 nitrogen and oxygen atoms in total. The van der Waals surface area contributed by atoms with Crippen LogP contribution in [-0.4, -0.2) is 27.0 Å². The van der Waals surface area contributed by atoms with Crippen molar-refractivity contribution in [2.75, 3.05) is 5.32 Å². The maximum atomic E-state index is 13.2. The van der Waals surface area contributed by atoms with E-state index in [-0.39, 0.29) is 5.78 Å². The topological polar surface area (TPSA) is 95.1 Å². The summed E-state index contributed by atoms with van der Waals surface area (Å²) in [5, 5.41) is 21.3. The molecule has 4 aromatic carbocycles. The zero-order valence-corrected chi connectivity index (χ0v) is 19.3. The molecule has 0 spiro atoms. The lowest BCUT2D eigenvalue weighted by Gasteiger charge is -2.12. The van der Waals surface area contributed by atoms with Crippen LogP contribution < -0.4 is 5.32 Å². The lowest BCUT2D eigenvalue weighted by atomic mass is 10.0. The number of aromatic nitrogens is 2. The van der Waals surface area contributed by atoms with Crippen molar-refractivity contribution in [2.24, 2.45) is 0 Å². The Kier molecular flexibility index (Phi) is 6.51. The quantitative estimate of drug-likeness (QED) is 0.267. The average Bonchev–Trinajstić information content (AvgIpc) is 3.34. The van der Waals surface area contributed by atoms with Gasteiger partial charge in [0.25, 0.3) is 5.91 Å². The normalized spacial score (nSPS) is 12.0. The minimum absolute atomic E-state index is 0.187. The van der Waals surface area contributed by atoms with Crippen LogP contribution in [0.3, 0.4) is 0 Å². The van der Waals surface area contributed by atoms with Crippen LogP contribution in [0.1, 0.15) is 38.8 Å². The minimum Gasteiger partial charge on any atom is -0.378 e. The highest BCUT2D eigenvalue weighted by atomic mass is 16.3. The summed E-state index contributed by atoms with van der Waals surface area (Å²) >= 11 is 0. The van der Waals surface area contributed by atoms with Crippen LogP contribution in [0.25, 0.3) is 23.1 Å². The number of H-pyrrole nitrogens is 1. The van der Waals surface area contributed by atoms with E-state index < -0.39 is 12.0 Å². The number of ketones is 1. The molecule has 0 saturated carbocycles. The molecule has 3 N–H and O–H groups in total. The number of rotatable bonds is 7. The highest BCUT2D eigenvalue weighted by Gasteiger charge is 2.18. The van der Waals surface area contributed by atoms with Crippen LogP contribution in [0.15, 0.2) is 103 Å². The van der Waals surface area contributed by atoms with Gasteiger partial charge in [-0.1, -0.05) is 84.9 Å². The number of hydrogen-bond donors (Lipinski definition) is 3. The van der Waals surface area contributed by atoms with Crippen molar-refractivity contribution in [3.8, 4) is 0 Å². The summed E-state index contributed by atoms with van der Waals surface area (Å²) in [6.07, 6.45) is 2.62. The Balaban J connectivity index is 1.33. The fourth-order valence-electron chi connectivity index (χ4n) is 3.95. The fourth-order valence-corrected chi connectivity index (χ4v) is 3.95. The van der Waals surface area contributed by atoms with Gasteiger partial charge in [0.15, 0.2) is 11.9 Å². The summed E-state index contributed by atoms with van der Waals surface area (Å²) in [4.78, 5) is 25.7. The predicted molar refractivity (Wildman–Crippen MR) is 141 cm³/mol. The van der Waals surface area contributed by atoms with Crippen molar-refractivity contribution in [3.63, 3.8) is 0 Å². The standard InChI is InChI=1S/C30H23N3O3/c34-28(22-12-7-13-24(18-22)31-30(36)29(35)21-10-5-2-6-11-21)23-15-16-25-26(32-33-27(25)19-23)17-14-20-8-3-1-4-9-20/h1-19,29,35H,(H,31,36)(H,32,33)/b17-14+. The molecule has 0 bridgehead atoms. The van der Waals surface area contributed by atoms with Crippen LogP contribution in [0, 0.1) is 0 Å². The number of hydrogen-bond acceptors (Lipinski definition) is 4. The molecule has 36 heavy (non-hydrogen) atoms. The third-order valence-corrected chi connectivity index (χ3v) is 5.84. The lowest BCUT2D eigenvalue weighted by molar-refractivity contribution is -0.124. The van der Waals surface area contributed by atoms with E-state index in [1.165, 1.54) is 0 Å². The molecular formula is C30H23N3O3. The van der Waals surface area contributed by atoms with Crippen molar-refractivity contribution < 1.29 is 14.7 Å². The molecule has 0 aliphatic heterocycles. The van der Waals surface area contributed by atoms with E-state index in [0.29, 0.717) is 22.4 Å². The SMILES string of the molecule is O=C(c1cccc(NC(=O)C(O)c2ccccc2)c1)c1ccc2c(/C=C/c3ccccc3)n[nH]c2c1. The zero-order chi connectivity index (χ0) is 24.9. The van der Waals surface area contributed by atoms with Gasteiger partial charge >= 0.3 is 0 Å². The van der Waals surface area contributed by atoms with E-state index in [9.17, 15) is 14.7 Å². The third kappa shape index (κ3) is 4.99. The van der Waals surface area contributed by atoms with E-state index in [4.69, 9.17) is 0 Å². The summed E-state index contributed by atoms with van der Waals surface area (Å²) in [7, 11) is 0. The monoisotopic (exact) mass is 473 g/mol. The molecule has 5 rings (SSSR count). The molecule has 0 saturated heterocycles. The van der Waals surface area contributed by atoms with Gasteiger partial charge in [-0.05, 0) is 41.5 Å². The maximum absolute atomic E-state index is 13.2. The Morgan fingerprint density at radius 3 is 2.31 bits per heavy atom. The molecule has 1 heterocycles. The van der Waals surface area contributed by atoms with E-state index in [1.807, 2.05) is 54.6 Å². The molecule has 5 aromatic rings. The van der Waals surface area contributed by atoms with Crippen molar-refractivity contribution in [1.82, 2.24) is 10.2 Å². The van der Waals surface area contributed by atoms with Crippen LogP contribution >= 0.6 is 0 Å². The number of amides is 1. The van der Waals surface area contributed by atoms with Gasteiger partial charge < -0.3 is 10.4 Å². The van der Waals surface area contributed by atoms with E-state index in [1.54, 1.807) is 60.7 Å². The van der Waals surface area contributed by atoms with Gasteiger partial charge in [-0.2, -0.15) is 5.10 Å². The molecule has 0 aliphatic carbocycles. The van der Waals surface area contributed by atoms with Gasteiger partial charge in [0.2, 0.25) is 0 Å². The Bertz CT molecular complexity index is 1560. The molecular weight excluding hydrogens is 450 g/mol. The van der Waals surface area contributed by atoms with E-state index >= 15 is 0 Å². The smallest absolute Gasteiger partial charge is 0.257 e. The van der Waals surface area contributed by atoms with E-state index in [0.717, 1.165) is 22.2 Å². The van der Waals surface area contributed by atoms with Crippen LogP contribution in [0.4, 0.5) is 5.69 Å². The molecule has 1 amide bonds. The van der Waals surface area contributed by atoms with Gasteiger partial charge in [-0.25, -0.2) is 0 Å². The number of benzene rings is 4. The number of aliphatic hydroxyl groups excluding tert-OH is 1. The van der Waals surface area contributed by atoms with Gasteiger partial charge in [-0.15, -0.1) is 0 Å². The Morgan fingerprint density at radius 2 is 1.53 bits per heavy atom. The number of fused-ring (bicyclic) bond motifs is 1. The lowest BCUT2D eigenvalue weighted by Crippen LogP contribution is -2.20. The summed E-state index contributed by atoms with van der Waals surface area (Å²) in [5.74, 6) is -0.756. The van der Waals surface area contributed by atoms with Gasteiger partial charge in [0.1, 0.15) is 0 Å². The van der Waals surface area contributed by atoms with Crippen molar-refractivity contribution in [3.05, 3.63) is 131 Å². The number of nitrogens with zero attached hydrogens (tertiary/aromatic N) is 1. The first-order valence-corrected chi connectivity index (χ1v) is 11.5. The molecule has 1 atom stereocenters. The minimum atomic E-state index is -1.31. The van der Waals surface area contributed by atoms with Crippen LogP contribution in [0.2, 0.25) is 0 Å². The summed E-state index contributed by atoms with van der Waals surface area (Å²) < 4.78 is 0. The van der Waals surface area contributed by atoms with Gasteiger partial charge in [-0.3, -0.25) is 14.7 Å². The molecule has 0 radical (unpaired) electrons. The largest absolute Gasteiger partial charge is 0.378 e. The Labute approximate surface area is 207 Å². The van der Waals surface area contributed by atoms with Crippen LogP contribution in [0.5, 0.6) is 0 Å². The summed E-state index contributed by atoms with van der Waals surface area (Å²) in [6.45, 7) is 0. The van der Waals surface area contributed by atoms with E-state index in [2.05, 4.69) is 15.5 Å². The Morgan fingerprint density at radius 1 is 0.806 bits per heavy atom. The number of anilines is 1. The molecule has 176 valence electrons. The summed E-state index contributed by atoms with van der Waals surface area (Å²) in [6, 6.07) is 30.7. The van der Waals surface area contributed by atoms with Crippen LogP contribution in [-0.2, 0) is 4.79 Å². The highest BCUT2D eigenvalue weighted by molar-refractivity contribution is 6.11. The first-order valence-electron chi connectivity index (χ1n) is 11.5. The van der Waals surface area contributed by atoms with Gasteiger partial charge in [0.05, 0.1) is 11.2 Å². The van der Waals surface area contributed by atoms with Crippen molar-refractivity contribution in [1.29, 1.82) is 0 Å². The molecule has 0 fully saturated rings. The molecule has 0 aliphatic rings. The van der Waals surface area contributed by atoms with Crippen molar-refractivity contribution in [2.45, 2.75) is 6.10 Å². The predicted octanol–water partition coefficient (Wildman–Crippen LogP) is 5.64. The van der Waals surface area contributed by atoms with Gasteiger partial charge in [0, 0.05) is 22.2 Å². The first-order chi connectivity index (χ1) is 17.6. The third-order valence-electron chi connectivity index (χ3n) is 5.84. The number of carbonyl (C=O) groups is 2. The Hall–Kier alpha value is -4.81.